The van der Waals surface area contributed by atoms with Gasteiger partial charge in [-0.15, -0.1) is 0 Å². The molecule has 3 nitrogen and oxygen atoms in total. The number of ether oxygens (including phenoxy) is 1. The van der Waals surface area contributed by atoms with Crippen LogP contribution in [0.3, 0.4) is 0 Å². The molecule has 0 saturated heterocycles. The van der Waals surface area contributed by atoms with Gasteiger partial charge in [-0.1, -0.05) is 34.6 Å². The van der Waals surface area contributed by atoms with Crippen molar-refractivity contribution in [3.63, 3.8) is 0 Å². The fourth-order valence-corrected chi connectivity index (χ4v) is 0.816. The molecule has 1 unspecified atom stereocenters. The number of esters is 1. The second-order valence-corrected chi connectivity index (χ2v) is 4.90. The minimum absolute atomic E-state index is 0.152. The van der Waals surface area contributed by atoms with Gasteiger partial charge in [-0.3, -0.25) is 0 Å². The molecule has 0 aliphatic carbocycles. The third kappa shape index (κ3) is 2.44. The molecular formula is C10H20O3. The van der Waals surface area contributed by atoms with E-state index in [0.717, 1.165) is 0 Å². The van der Waals surface area contributed by atoms with Gasteiger partial charge in [0.2, 0.25) is 0 Å². The van der Waals surface area contributed by atoms with Crippen LogP contribution in [-0.2, 0) is 9.53 Å². The van der Waals surface area contributed by atoms with Gasteiger partial charge in [0.25, 0.3) is 0 Å². The van der Waals surface area contributed by atoms with Gasteiger partial charge >= 0.3 is 5.97 Å². The lowest BCUT2D eigenvalue weighted by Gasteiger charge is -2.41. The predicted octanol–water partition coefficient (Wildman–Crippen LogP) is 1.59. The summed E-state index contributed by atoms with van der Waals surface area (Å²) < 4.78 is 4.50. The largest absolute Gasteiger partial charge is 0.467 e. The first-order chi connectivity index (χ1) is 5.64. The van der Waals surface area contributed by atoms with E-state index in [2.05, 4.69) is 4.74 Å². The summed E-state index contributed by atoms with van der Waals surface area (Å²) in [5.41, 5.74) is -0.652. The van der Waals surface area contributed by atoms with Crippen molar-refractivity contribution in [3.05, 3.63) is 0 Å². The van der Waals surface area contributed by atoms with Crippen LogP contribution in [0.5, 0.6) is 0 Å². The lowest BCUT2D eigenvalue weighted by Crippen LogP contribution is -2.45. The molecule has 0 spiro atoms. The van der Waals surface area contributed by atoms with Crippen LogP contribution < -0.4 is 0 Å². The first-order valence-corrected chi connectivity index (χ1v) is 4.40. The topological polar surface area (TPSA) is 46.5 Å². The third-order valence-corrected chi connectivity index (χ3v) is 3.04. The number of carbonyl (C=O) groups is 1. The number of aliphatic hydroxyl groups is 1. The maximum absolute atomic E-state index is 11.1. The molecular weight excluding hydrogens is 168 g/mol. The first-order valence-electron chi connectivity index (χ1n) is 4.40. The Balaban J connectivity index is 4.74. The van der Waals surface area contributed by atoms with E-state index in [0.29, 0.717) is 0 Å². The van der Waals surface area contributed by atoms with Crippen LogP contribution >= 0.6 is 0 Å². The van der Waals surface area contributed by atoms with Crippen molar-refractivity contribution >= 4 is 5.97 Å². The molecule has 0 aromatic heterocycles. The summed E-state index contributed by atoms with van der Waals surface area (Å²) in [7, 11) is 1.28. The zero-order chi connectivity index (χ0) is 10.9. The van der Waals surface area contributed by atoms with Gasteiger partial charge in [0.15, 0.2) is 6.10 Å². The minimum Gasteiger partial charge on any atom is -0.467 e. The molecule has 0 aromatic carbocycles. The summed E-state index contributed by atoms with van der Waals surface area (Å²) in [5, 5.41) is 9.71. The lowest BCUT2D eigenvalue weighted by molar-refractivity contribution is -0.162. The molecule has 0 radical (unpaired) electrons. The molecule has 0 aromatic rings. The quantitative estimate of drug-likeness (QED) is 0.669. The number of rotatable bonds is 2. The molecule has 3 heteroatoms. The van der Waals surface area contributed by atoms with Gasteiger partial charge in [-0.25, -0.2) is 4.79 Å². The Labute approximate surface area is 80.1 Å². The van der Waals surface area contributed by atoms with Crippen molar-refractivity contribution in [1.29, 1.82) is 0 Å². The van der Waals surface area contributed by atoms with E-state index in [4.69, 9.17) is 0 Å². The summed E-state index contributed by atoms with van der Waals surface area (Å²) in [5.74, 6) is -0.570. The minimum atomic E-state index is -1.07. The average Bonchev–Trinajstić information content (AvgIpc) is 1.99. The second kappa shape index (κ2) is 3.66. The monoisotopic (exact) mass is 188 g/mol. The SMILES string of the molecule is COC(=O)C(O)C(C)(C)C(C)(C)C. The second-order valence-electron chi connectivity index (χ2n) is 4.90. The van der Waals surface area contributed by atoms with Crippen molar-refractivity contribution in [1.82, 2.24) is 0 Å². The fraction of sp³-hybridized carbons (Fsp3) is 0.900. The van der Waals surface area contributed by atoms with Crippen molar-refractivity contribution in [2.24, 2.45) is 10.8 Å². The Morgan fingerprint density at radius 2 is 1.62 bits per heavy atom. The maximum atomic E-state index is 11.1. The summed E-state index contributed by atoms with van der Waals surface area (Å²) in [6.07, 6.45) is -1.07. The van der Waals surface area contributed by atoms with Crippen molar-refractivity contribution in [2.45, 2.75) is 40.7 Å². The third-order valence-electron chi connectivity index (χ3n) is 3.04. The number of methoxy groups -OCH3 is 1. The Morgan fingerprint density at radius 1 is 1.23 bits per heavy atom. The van der Waals surface area contributed by atoms with Gasteiger partial charge in [0.05, 0.1) is 7.11 Å². The van der Waals surface area contributed by atoms with Crippen LogP contribution in [0.2, 0.25) is 0 Å². The van der Waals surface area contributed by atoms with Gasteiger partial charge in [-0.2, -0.15) is 0 Å². The van der Waals surface area contributed by atoms with E-state index in [1.807, 2.05) is 34.6 Å². The molecule has 0 amide bonds. The van der Waals surface area contributed by atoms with Crippen molar-refractivity contribution < 1.29 is 14.6 Å². The van der Waals surface area contributed by atoms with E-state index < -0.39 is 17.5 Å². The van der Waals surface area contributed by atoms with Crippen LogP contribution in [0.25, 0.3) is 0 Å². The highest BCUT2D eigenvalue weighted by molar-refractivity contribution is 5.75. The Bertz CT molecular complexity index is 189. The summed E-state index contributed by atoms with van der Waals surface area (Å²) in [6, 6.07) is 0. The lowest BCUT2D eigenvalue weighted by atomic mass is 9.66. The highest BCUT2D eigenvalue weighted by Gasteiger charge is 2.43. The number of aliphatic hydroxyl groups excluding tert-OH is 1. The predicted molar refractivity (Wildman–Crippen MR) is 51.3 cm³/mol. The molecule has 0 fully saturated rings. The number of carbonyl (C=O) groups excluding carboxylic acids is 1. The summed E-state index contributed by atoms with van der Waals surface area (Å²) >= 11 is 0. The maximum Gasteiger partial charge on any atom is 0.335 e. The summed E-state index contributed by atoms with van der Waals surface area (Å²) in [6.45, 7) is 9.67. The van der Waals surface area contributed by atoms with Crippen molar-refractivity contribution in [3.8, 4) is 0 Å². The zero-order valence-corrected chi connectivity index (χ0v) is 9.34. The molecule has 0 aliphatic rings. The molecule has 0 rings (SSSR count). The molecule has 1 atom stereocenters. The molecule has 13 heavy (non-hydrogen) atoms. The van der Waals surface area contributed by atoms with E-state index in [1.165, 1.54) is 7.11 Å². The summed E-state index contributed by atoms with van der Waals surface area (Å²) in [4.78, 5) is 11.1. The highest BCUT2D eigenvalue weighted by Crippen LogP contribution is 2.40. The van der Waals surface area contributed by atoms with Crippen LogP contribution in [0.4, 0.5) is 0 Å². The van der Waals surface area contributed by atoms with Crippen molar-refractivity contribution in [2.75, 3.05) is 7.11 Å². The molecule has 0 bridgehead atoms. The zero-order valence-electron chi connectivity index (χ0n) is 9.34. The molecule has 0 saturated carbocycles. The van der Waals surface area contributed by atoms with E-state index >= 15 is 0 Å². The van der Waals surface area contributed by atoms with Crippen LogP contribution in [0.15, 0.2) is 0 Å². The fourth-order valence-electron chi connectivity index (χ4n) is 0.816. The van der Waals surface area contributed by atoms with E-state index in [9.17, 15) is 9.90 Å². The Kier molecular flexibility index (Phi) is 3.50. The average molecular weight is 188 g/mol. The van der Waals surface area contributed by atoms with Gasteiger partial charge in [0.1, 0.15) is 0 Å². The highest BCUT2D eigenvalue weighted by atomic mass is 16.5. The standard InChI is InChI=1S/C10H20O3/c1-9(2,3)10(4,5)7(11)8(12)13-6/h7,11H,1-6H3. The first kappa shape index (κ1) is 12.4. The van der Waals surface area contributed by atoms with E-state index in [-0.39, 0.29) is 5.41 Å². The molecule has 0 aliphatic heterocycles. The van der Waals surface area contributed by atoms with Crippen LogP contribution in [-0.4, -0.2) is 24.3 Å². The Morgan fingerprint density at radius 3 is 1.85 bits per heavy atom. The Hall–Kier alpha value is -0.570. The molecule has 1 N–H and O–H groups in total. The molecule has 0 heterocycles. The van der Waals surface area contributed by atoms with Crippen LogP contribution in [0.1, 0.15) is 34.6 Å². The smallest absolute Gasteiger partial charge is 0.335 e. The normalized spacial score (nSPS) is 15.3. The van der Waals surface area contributed by atoms with Crippen LogP contribution in [0, 0.1) is 10.8 Å². The molecule has 78 valence electrons. The van der Waals surface area contributed by atoms with Gasteiger partial charge in [-0.05, 0) is 5.41 Å². The van der Waals surface area contributed by atoms with Gasteiger partial charge in [0, 0.05) is 5.41 Å². The number of hydrogen-bond donors (Lipinski definition) is 1. The van der Waals surface area contributed by atoms with E-state index in [1.54, 1.807) is 0 Å². The number of hydrogen-bond acceptors (Lipinski definition) is 3. The van der Waals surface area contributed by atoms with Gasteiger partial charge < -0.3 is 9.84 Å².